The predicted molar refractivity (Wildman–Crippen MR) is 71.9 cm³/mol. The first-order chi connectivity index (χ1) is 10.4. The van der Waals surface area contributed by atoms with Gasteiger partial charge in [0.05, 0.1) is 11.1 Å². The van der Waals surface area contributed by atoms with E-state index in [0.717, 1.165) is 22.0 Å². The first-order valence-electron chi connectivity index (χ1n) is 6.08. The summed E-state index contributed by atoms with van der Waals surface area (Å²) in [5.41, 5.74) is 2.24. The third kappa shape index (κ3) is 5.53. The first-order valence-corrected chi connectivity index (χ1v) is 8.19. The zero-order valence-electron chi connectivity index (χ0n) is 11.2. The molecule has 7 heteroatoms. The molecule has 1 aromatic heterocycles. The molecule has 1 heterocycles. The van der Waals surface area contributed by atoms with Crippen molar-refractivity contribution < 1.29 is 33.3 Å². The van der Waals surface area contributed by atoms with Gasteiger partial charge in [0.15, 0.2) is 0 Å². The van der Waals surface area contributed by atoms with Crippen molar-refractivity contribution in [1.82, 2.24) is 0 Å². The summed E-state index contributed by atoms with van der Waals surface area (Å²) in [6, 6.07) is 20.3. The number of benzene rings is 2. The van der Waals surface area contributed by atoms with Crippen LogP contribution in [0.3, 0.4) is 0 Å². The molecule has 2 aromatic carbocycles. The van der Waals surface area contributed by atoms with Crippen molar-refractivity contribution in [2.45, 2.75) is 0 Å². The molecule has 0 atom stereocenters. The normalized spacial score (nSPS) is 10.7. The smallest absolute Gasteiger partial charge is 0.222 e. The Morgan fingerprint density at radius 1 is 0.727 bits per heavy atom. The van der Waals surface area contributed by atoms with Gasteiger partial charge in [-0.15, -0.1) is 10.2 Å². The van der Waals surface area contributed by atoms with Gasteiger partial charge >= 0.3 is 10.8 Å². The highest BCUT2D eigenvalue weighted by Gasteiger charge is 2.19. The molecule has 3 rings (SSSR count). The van der Waals surface area contributed by atoms with E-state index in [1.807, 2.05) is 36.4 Å². The Hall–Kier alpha value is -1.80. The van der Waals surface area contributed by atoms with Gasteiger partial charge in [0, 0.05) is 0 Å². The maximum absolute atomic E-state index is 8.49. The van der Waals surface area contributed by atoms with Crippen LogP contribution in [0.2, 0.25) is 0 Å². The maximum Gasteiger partial charge on any atom is 0.417 e. The highest BCUT2D eigenvalue weighted by atomic mass is 35.7. The molecule has 3 aromatic rings. The van der Waals surface area contributed by atoms with E-state index in [4.69, 9.17) is 23.1 Å². The Bertz CT molecular complexity index is 635. The molecule has 0 radical (unpaired) electrons. The standard InChI is InChI=1S/C15H11OS.ClHO4/c1-3-7-12(8-4-1)14-11-17-15(16-14)13-9-5-2-6-10-13;2-1(3,4)5/h1-11H;(H,2,3,4,5)/q+1;/p-1. The van der Waals surface area contributed by atoms with Crippen molar-refractivity contribution in [2.75, 3.05) is 0 Å². The van der Waals surface area contributed by atoms with Crippen molar-refractivity contribution in [1.29, 1.82) is 0 Å². The molecule has 0 bridgehead atoms. The quantitative estimate of drug-likeness (QED) is 0.621. The van der Waals surface area contributed by atoms with Crippen LogP contribution in [0.25, 0.3) is 22.0 Å². The van der Waals surface area contributed by atoms with Crippen LogP contribution in [-0.2, 0) is 0 Å². The molecule has 0 aliphatic heterocycles. The van der Waals surface area contributed by atoms with Gasteiger partial charge in [-0.05, 0) is 35.6 Å². The molecule has 0 saturated heterocycles. The minimum absolute atomic E-state index is 0.925. The van der Waals surface area contributed by atoms with Crippen molar-refractivity contribution in [3.63, 3.8) is 0 Å². The second-order valence-corrected chi connectivity index (χ2v) is 5.70. The largest absolute Gasteiger partial charge is 0.417 e. The zero-order valence-corrected chi connectivity index (χ0v) is 12.8. The summed E-state index contributed by atoms with van der Waals surface area (Å²) in [6.07, 6.45) is 0. The molecule has 0 fully saturated rings. The number of rotatable bonds is 2. The lowest BCUT2D eigenvalue weighted by molar-refractivity contribution is -2.00. The first kappa shape index (κ1) is 16.6. The molecule has 114 valence electrons. The molecule has 22 heavy (non-hydrogen) atoms. The molecule has 0 amide bonds. The van der Waals surface area contributed by atoms with Crippen LogP contribution in [0.1, 0.15) is 0 Å². The maximum atomic E-state index is 8.49. The summed E-state index contributed by atoms with van der Waals surface area (Å²) in [4.78, 5) is 0. The van der Waals surface area contributed by atoms with Crippen molar-refractivity contribution in [3.05, 3.63) is 66.0 Å². The van der Waals surface area contributed by atoms with Gasteiger partial charge < -0.3 is 0 Å². The highest BCUT2D eigenvalue weighted by Crippen LogP contribution is 2.32. The molecule has 0 aliphatic rings. The summed E-state index contributed by atoms with van der Waals surface area (Å²) >= 11 is 1.63. The lowest BCUT2D eigenvalue weighted by atomic mass is 10.2. The van der Waals surface area contributed by atoms with Gasteiger partial charge in [-0.2, -0.15) is 4.42 Å². The topological polar surface area (TPSA) is 104 Å². The Balaban J connectivity index is 0.000000309. The summed E-state index contributed by atoms with van der Waals surface area (Å²) in [5.74, 6) is 0.925. The number of hydrogen-bond donors (Lipinski definition) is 0. The average Bonchev–Trinajstić information content (AvgIpc) is 2.97. The zero-order chi connectivity index (χ0) is 16.0. The van der Waals surface area contributed by atoms with Crippen LogP contribution in [-0.4, -0.2) is 0 Å². The van der Waals surface area contributed by atoms with Crippen molar-refractivity contribution in [3.8, 4) is 22.0 Å². The van der Waals surface area contributed by atoms with E-state index in [1.165, 1.54) is 0 Å². The fraction of sp³-hybridized carbons (Fsp3) is 0. The molecular weight excluding hydrogens is 328 g/mol. The molecule has 0 N–H and O–H groups in total. The van der Waals surface area contributed by atoms with E-state index in [0.29, 0.717) is 0 Å². The van der Waals surface area contributed by atoms with Gasteiger partial charge in [0.2, 0.25) is 0 Å². The Labute approximate surface area is 133 Å². The van der Waals surface area contributed by atoms with E-state index < -0.39 is 10.2 Å². The minimum Gasteiger partial charge on any atom is -0.222 e. The lowest BCUT2D eigenvalue weighted by Gasteiger charge is -2.17. The van der Waals surface area contributed by atoms with Gasteiger partial charge in [0.25, 0.3) is 0 Å². The SMILES string of the molecule is [O-][Cl+3]([O-])([O-])[O-].c1ccc(-c2csc(-c3ccccc3)[o+]2)cc1. The van der Waals surface area contributed by atoms with E-state index in [9.17, 15) is 0 Å². The van der Waals surface area contributed by atoms with Crippen LogP contribution in [0, 0.1) is 10.2 Å². The van der Waals surface area contributed by atoms with Gasteiger partial charge in [-0.25, -0.2) is 18.6 Å². The number of halogens is 1. The van der Waals surface area contributed by atoms with E-state index in [2.05, 4.69) is 29.6 Å². The Morgan fingerprint density at radius 2 is 1.18 bits per heavy atom. The molecule has 0 aliphatic carbocycles. The van der Waals surface area contributed by atoms with E-state index in [1.54, 1.807) is 11.3 Å². The second kappa shape index (κ2) is 7.46. The van der Waals surface area contributed by atoms with Crippen LogP contribution in [0.15, 0.2) is 70.5 Å². The summed E-state index contributed by atoms with van der Waals surface area (Å²) in [5, 5.41) is 3.00. The molecule has 5 nitrogen and oxygen atoms in total. The highest BCUT2D eigenvalue weighted by molar-refractivity contribution is 7.13. The van der Waals surface area contributed by atoms with Crippen LogP contribution in [0.5, 0.6) is 0 Å². The fourth-order valence-corrected chi connectivity index (χ4v) is 2.49. The predicted octanol–water partition coefficient (Wildman–Crippen LogP) is 0.200. The van der Waals surface area contributed by atoms with Crippen molar-refractivity contribution >= 4 is 11.3 Å². The van der Waals surface area contributed by atoms with Crippen LogP contribution >= 0.6 is 11.3 Å². The third-order valence-corrected chi connectivity index (χ3v) is 3.41. The Morgan fingerprint density at radius 3 is 1.68 bits per heavy atom. The lowest BCUT2D eigenvalue weighted by Crippen LogP contribution is -2.68. The van der Waals surface area contributed by atoms with E-state index in [-0.39, 0.29) is 0 Å². The summed E-state index contributed by atoms with van der Waals surface area (Å²) in [6.45, 7) is 0. The van der Waals surface area contributed by atoms with Gasteiger partial charge in [-0.1, -0.05) is 36.4 Å². The summed E-state index contributed by atoms with van der Waals surface area (Å²) in [7, 11) is -4.94. The summed E-state index contributed by atoms with van der Waals surface area (Å²) < 4.78 is 39.8. The van der Waals surface area contributed by atoms with Crippen LogP contribution < -0.4 is 18.6 Å². The monoisotopic (exact) mass is 338 g/mol. The fourth-order valence-electron chi connectivity index (χ4n) is 1.69. The van der Waals surface area contributed by atoms with Crippen molar-refractivity contribution in [2.24, 2.45) is 0 Å². The van der Waals surface area contributed by atoms with Gasteiger partial charge in [0.1, 0.15) is 5.38 Å². The molecule has 0 unspecified atom stereocenters. The number of hydrogen-bond acceptors (Lipinski definition) is 5. The van der Waals surface area contributed by atoms with E-state index >= 15 is 0 Å². The Kier molecular flexibility index (Phi) is 5.62. The molecular formula is C15H11ClO5S. The minimum atomic E-state index is -4.94. The average molecular weight is 339 g/mol. The third-order valence-electron chi connectivity index (χ3n) is 2.54. The van der Waals surface area contributed by atoms with Gasteiger partial charge in [-0.3, -0.25) is 0 Å². The molecule has 0 saturated carbocycles. The second-order valence-electron chi connectivity index (χ2n) is 4.10. The molecule has 0 spiro atoms. The van der Waals surface area contributed by atoms with Crippen LogP contribution in [0.4, 0.5) is 0 Å².